The van der Waals surface area contributed by atoms with Gasteiger partial charge in [-0.3, -0.25) is 14.6 Å². The van der Waals surface area contributed by atoms with E-state index in [9.17, 15) is 9.59 Å². The van der Waals surface area contributed by atoms with E-state index in [1.165, 1.54) is 0 Å². The lowest BCUT2D eigenvalue weighted by Gasteiger charge is -2.32. The summed E-state index contributed by atoms with van der Waals surface area (Å²) in [5.41, 5.74) is 1.48. The van der Waals surface area contributed by atoms with Crippen molar-refractivity contribution in [2.75, 3.05) is 18.4 Å². The number of carbonyl (C=O) groups is 2. The molecule has 5 heteroatoms. The Morgan fingerprint density at radius 2 is 1.71 bits per heavy atom. The second-order valence-corrected chi connectivity index (χ2v) is 8.01. The number of nitrogens with zero attached hydrogens (tertiary/aromatic N) is 2. The Hall–Kier alpha value is -3.73. The van der Waals surface area contributed by atoms with Crippen LogP contribution < -0.4 is 5.32 Å². The Kier molecular flexibility index (Phi) is 5.08. The van der Waals surface area contributed by atoms with Gasteiger partial charge in [0.1, 0.15) is 0 Å². The van der Waals surface area contributed by atoms with Gasteiger partial charge < -0.3 is 10.2 Å². The number of amides is 2. The van der Waals surface area contributed by atoms with Crippen LogP contribution in [0.4, 0.5) is 5.69 Å². The normalized spacial score (nSPS) is 16.4. The van der Waals surface area contributed by atoms with Crippen LogP contribution in [-0.4, -0.2) is 34.8 Å². The SMILES string of the molecule is O=C(Nc1cccc2cnccc12)[C@H]1CCCN(C(=O)c2cccc3ccccc23)C1. The van der Waals surface area contributed by atoms with Crippen molar-refractivity contribution < 1.29 is 9.59 Å². The average molecular weight is 409 g/mol. The van der Waals surface area contributed by atoms with Gasteiger partial charge in [0.2, 0.25) is 5.91 Å². The first-order chi connectivity index (χ1) is 15.2. The van der Waals surface area contributed by atoms with Crippen LogP contribution in [0.25, 0.3) is 21.5 Å². The smallest absolute Gasteiger partial charge is 0.254 e. The first-order valence-corrected chi connectivity index (χ1v) is 10.6. The van der Waals surface area contributed by atoms with E-state index in [0.717, 1.165) is 40.1 Å². The molecule has 0 spiro atoms. The van der Waals surface area contributed by atoms with Crippen LogP contribution in [-0.2, 0) is 4.79 Å². The molecule has 1 fully saturated rings. The van der Waals surface area contributed by atoms with Crippen molar-refractivity contribution in [1.29, 1.82) is 0 Å². The van der Waals surface area contributed by atoms with E-state index in [1.807, 2.05) is 71.6 Å². The minimum Gasteiger partial charge on any atom is -0.338 e. The number of pyridine rings is 1. The van der Waals surface area contributed by atoms with E-state index in [0.29, 0.717) is 18.7 Å². The Morgan fingerprint density at radius 1 is 0.903 bits per heavy atom. The van der Waals surface area contributed by atoms with Gasteiger partial charge in [-0.25, -0.2) is 0 Å². The molecule has 154 valence electrons. The number of benzene rings is 3. The zero-order valence-electron chi connectivity index (χ0n) is 17.1. The van der Waals surface area contributed by atoms with Gasteiger partial charge in [-0.05, 0) is 41.8 Å². The second-order valence-electron chi connectivity index (χ2n) is 8.01. The quantitative estimate of drug-likeness (QED) is 0.525. The summed E-state index contributed by atoms with van der Waals surface area (Å²) in [4.78, 5) is 32.3. The monoisotopic (exact) mass is 409 g/mol. The van der Waals surface area contributed by atoms with E-state index in [2.05, 4.69) is 10.3 Å². The van der Waals surface area contributed by atoms with Crippen molar-refractivity contribution in [3.63, 3.8) is 0 Å². The van der Waals surface area contributed by atoms with Crippen LogP contribution in [0, 0.1) is 5.92 Å². The predicted octanol–water partition coefficient (Wildman–Crippen LogP) is 4.88. The van der Waals surface area contributed by atoms with Crippen LogP contribution in [0.1, 0.15) is 23.2 Å². The number of carbonyl (C=O) groups excluding carboxylic acids is 2. The van der Waals surface area contributed by atoms with E-state index in [-0.39, 0.29) is 17.7 Å². The molecule has 5 rings (SSSR count). The summed E-state index contributed by atoms with van der Waals surface area (Å²) in [6.07, 6.45) is 5.10. The van der Waals surface area contributed by atoms with Gasteiger partial charge in [-0.15, -0.1) is 0 Å². The molecule has 0 radical (unpaired) electrons. The minimum absolute atomic E-state index is 0.00876. The van der Waals surface area contributed by atoms with Crippen molar-refractivity contribution in [2.45, 2.75) is 12.8 Å². The molecule has 0 saturated carbocycles. The van der Waals surface area contributed by atoms with E-state index < -0.39 is 0 Å². The molecule has 3 aromatic carbocycles. The zero-order chi connectivity index (χ0) is 21.2. The number of rotatable bonds is 3. The summed E-state index contributed by atoms with van der Waals surface area (Å²) in [5, 5.41) is 7.02. The standard InChI is InChI=1S/C26H23N3O2/c30-25(28-24-12-4-8-19-16-27-14-13-22(19)24)20-9-5-15-29(17-20)26(31)23-11-3-7-18-6-1-2-10-21(18)23/h1-4,6-8,10-14,16,20H,5,9,15,17H2,(H,28,30)/t20-/m0/s1. The lowest BCUT2D eigenvalue weighted by Crippen LogP contribution is -2.43. The summed E-state index contributed by atoms with van der Waals surface area (Å²) in [5.74, 6) is -0.282. The van der Waals surface area contributed by atoms with Crippen molar-refractivity contribution >= 4 is 39.0 Å². The summed E-state index contributed by atoms with van der Waals surface area (Å²) >= 11 is 0. The van der Waals surface area contributed by atoms with Crippen LogP contribution in [0.15, 0.2) is 79.1 Å². The molecule has 1 aliphatic heterocycles. The number of likely N-dealkylation sites (tertiary alicyclic amines) is 1. The van der Waals surface area contributed by atoms with Crippen LogP contribution >= 0.6 is 0 Å². The molecule has 2 amide bonds. The third-order valence-electron chi connectivity index (χ3n) is 6.04. The fourth-order valence-electron chi connectivity index (χ4n) is 4.42. The van der Waals surface area contributed by atoms with Crippen molar-refractivity contribution in [1.82, 2.24) is 9.88 Å². The van der Waals surface area contributed by atoms with Gasteiger partial charge >= 0.3 is 0 Å². The maximum absolute atomic E-state index is 13.3. The lowest BCUT2D eigenvalue weighted by atomic mass is 9.95. The predicted molar refractivity (Wildman–Crippen MR) is 123 cm³/mol. The maximum Gasteiger partial charge on any atom is 0.254 e. The zero-order valence-corrected chi connectivity index (χ0v) is 17.1. The Balaban J connectivity index is 1.35. The van der Waals surface area contributed by atoms with E-state index in [4.69, 9.17) is 0 Å². The number of hydrogen-bond acceptors (Lipinski definition) is 3. The summed E-state index contributed by atoms with van der Waals surface area (Å²) in [6, 6.07) is 21.4. The molecular weight excluding hydrogens is 386 g/mol. The van der Waals surface area contributed by atoms with E-state index in [1.54, 1.807) is 12.4 Å². The molecular formula is C26H23N3O2. The molecule has 1 aromatic heterocycles. The maximum atomic E-state index is 13.3. The van der Waals surface area contributed by atoms with E-state index >= 15 is 0 Å². The Morgan fingerprint density at radius 3 is 2.65 bits per heavy atom. The van der Waals surface area contributed by atoms with Crippen LogP contribution in [0.3, 0.4) is 0 Å². The van der Waals surface area contributed by atoms with Gasteiger partial charge in [0.25, 0.3) is 5.91 Å². The molecule has 31 heavy (non-hydrogen) atoms. The molecule has 4 aromatic rings. The number of aromatic nitrogens is 1. The minimum atomic E-state index is -0.232. The number of piperidine rings is 1. The second kappa shape index (κ2) is 8.19. The summed E-state index contributed by atoms with van der Waals surface area (Å²) in [7, 11) is 0. The molecule has 5 nitrogen and oxygen atoms in total. The Bertz CT molecular complexity index is 1270. The molecule has 0 aliphatic carbocycles. The van der Waals surface area contributed by atoms with Crippen molar-refractivity contribution in [3.8, 4) is 0 Å². The fraction of sp³-hybridized carbons (Fsp3) is 0.192. The first-order valence-electron chi connectivity index (χ1n) is 10.6. The third kappa shape index (κ3) is 3.75. The third-order valence-corrected chi connectivity index (χ3v) is 6.04. The van der Waals surface area contributed by atoms with Gasteiger partial charge in [-0.1, -0.05) is 48.5 Å². The highest BCUT2D eigenvalue weighted by molar-refractivity contribution is 6.07. The largest absolute Gasteiger partial charge is 0.338 e. The number of fused-ring (bicyclic) bond motifs is 2. The molecule has 1 N–H and O–H groups in total. The van der Waals surface area contributed by atoms with Crippen molar-refractivity contribution in [3.05, 3.63) is 84.7 Å². The molecule has 2 heterocycles. The van der Waals surface area contributed by atoms with Gasteiger partial charge in [0.05, 0.1) is 5.92 Å². The molecule has 1 atom stereocenters. The lowest BCUT2D eigenvalue weighted by molar-refractivity contribution is -0.121. The number of nitrogens with one attached hydrogen (secondary N) is 1. The summed E-state index contributed by atoms with van der Waals surface area (Å²) in [6.45, 7) is 1.10. The van der Waals surface area contributed by atoms with Gasteiger partial charge in [-0.2, -0.15) is 0 Å². The fourth-order valence-corrected chi connectivity index (χ4v) is 4.42. The Labute approximate surface area is 180 Å². The molecule has 0 unspecified atom stereocenters. The highest BCUT2D eigenvalue weighted by Crippen LogP contribution is 2.26. The highest BCUT2D eigenvalue weighted by atomic mass is 16.2. The average Bonchev–Trinajstić information content (AvgIpc) is 2.83. The highest BCUT2D eigenvalue weighted by Gasteiger charge is 2.29. The molecule has 0 bridgehead atoms. The number of anilines is 1. The number of hydrogen-bond donors (Lipinski definition) is 1. The van der Waals surface area contributed by atoms with Crippen LogP contribution in [0.2, 0.25) is 0 Å². The first kappa shape index (κ1) is 19.2. The molecule has 1 aliphatic rings. The van der Waals surface area contributed by atoms with Gasteiger partial charge in [0.15, 0.2) is 0 Å². The van der Waals surface area contributed by atoms with Crippen LogP contribution in [0.5, 0.6) is 0 Å². The van der Waals surface area contributed by atoms with Gasteiger partial charge in [0, 0.05) is 47.5 Å². The molecule has 1 saturated heterocycles. The summed E-state index contributed by atoms with van der Waals surface area (Å²) < 4.78 is 0. The van der Waals surface area contributed by atoms with Crippen molar-refractivity contribution in [2.24, 2.45) is 5.92 Å². The topological polar surface area (TPSA) is 62.3 Å².